The molecule has 10 heteroatoms. The number of aromatic nitrogens is 1. The topological polar surface area (TPSA) is 81.6 Å². The van der Waals surface area contributed by atoms with Gasteiger partial charge in [-0.05, 0) is 37.6 Å². The molecule has 1 saturated heterocycles. The van der Waals surface area contributed by atoms with Gasteiger partial charge in [-0.25, -0.2) is 8.78 Å². The first-order chi connectivity index (χ1) is 14.6. The van der Waals surface area contributed by atoms with Crippen LogP contribution in [0.15, 0.2) is 47.7 Å². The van der Waals surface area contributed by atoms with Gasteiger partial charge in [0, 0.05) is 50.7 Å². The summed E-state index contributed by atoms with van der Waals surface area (Å²) in [5, 5.41) is 9.33. The van der Waals surface area contributed by atoms with Gasteiger partial charge in [0.25, 0.3) is 5.91 Å². The average Bonchev–Trinajstić information content (AvgIpc) is 3.20. The number of halogens is 3. The van der Waals surface area contributed by atoms with E-state index in [0.717, 1.165) is 12.5 Å². The van der Waals surface area contributed by atoms with Crippen LogP contribution in [-0.4, -0.2) is 55.6 Å². The van der Waals surface area contributed by atoms with E-state index in [2.05, 4.69) is 25.9 Å². The molecular weight excluding hydrogens is 517 g/mol. The SMILES string of the molecule is CCNC(=NCCNC(=O)c1cccnc1)NC1CCN(c2ccc(F)cc2F)C1.I. The van der Waals surface area contributed by atoms with Crippen molar-refractivity contribution < 1.29 is 13.6 Å². The molecule has 168 valence electrons. The van der Waals surface area contributed by atoms with Gasteiger partial charge in [0.05, 0.1) is 17.8 Å². The van der Waals surface area contributed by atoms with Crippen molar-refractivity contribution in [1.82, 2.24) is 20.9 Å². The first-order valence-corrected chi connectivity index (χ1v) is 10.00. The molecule has 2 heterocycles. The van der Waals surface area contributed by atoms with Gasteiger partial charge in [0.1, 0.15) is 11.6 Å². The second-order valence-corrected chi connectivity index (χ2v) is 6.93. The highest BCUT2D eigenvalue weighted by Crippen LogP contribution is 2.24. The minimum atomic E-state index is -0.581. The van der Waals surface area contributed by atoms with Gasteiger partial charge >= 0.3 is 0 Å². The number of nitrogens with one attached hydrogen (secondary N) is 3. The summed E-state index contributed by atoms with van der Waals surface area (Å²) in [6.07, 6.45) is 3.93. The molecule has 1 aliphatic rings. The Labute approximate surface area is 197 Å². The van der Waals surface area contributed by atoms with Crippen LogP contribution in [0.5, 0.6) is 0 Å². The van der Waals surface area contributed by atoms with Crippen LogP contribution in [0, 0.1) is 11.6 Å². The predicted octanol–water partition coefficient (Wildman–Crippen LogP) is 2.54. The molecule has 1 aromatic heterocycles. The van der Waals surface area contributed by atoms with Crippen LogP contribution in [0.25, 0.3) is 0 Å². The molecule has 7 nitrogen and oxygen atoms in total. The predicted molar refractivity (Wildman–Crippen MR) is 128 cm³/mol. The second-order valence-electron chi connectivity index (χ2n) is 6.93. The fourth-order valence-corrected chi connectivity index (χ4v) is 3.28. The first-order valence-electron chi connectivity index (χ1n) is 10.00. The van der Waals surface area contributed by atoms with E-state index >= 15 is 0 Å². The highest BCUT2D eigenvalue weighted by molar-refractivity contribution is 14.0. The van der Waals surface area contributed by atoms with Crippen molar-refractivity contribution >= 4 is 41.5 Å². The third-order valence-corrected chi connectivity index (χ3v) is 4.71. The van der Waals surface area contributed by atoms with Crippen LogP contribution in [0.1, 0.15) is 23.7 Å². The lowest BCUT2D eigenvalue weighted by atomic mass is 10.2. The molecule has 0 bridgehead atoms. The molecule has 0 radical (unpaired) electrons. The number of aliphatic imine (C=N–C) groups is 1. The minimum absolute atomic E-state index is 0. The van der Waals surface area contributed by atoms with Crippen molar-refractivity contribution in [3.05, 3.63) is 59.9 Å². The standard InChI is InChI=1S/C21H26F2N6O.HI/c1-2-25-21(27-10-9-26-20(30)15-4-3-8-24-13-15)28-17-7-11-29(14-17)19-6-5-16(22)12-18(19)23;/h3-6,8,12-13,17H,2,7,9-11,14H2,1H3,(H,26,30)(H2,25,27,28);1H. The van der Waals surface area contributed by atoms with Crippen LogP contribution in [0.3, 0.4) is 0 Å². The Hall–Kier alpha value is -2.50. The quantitative estimate of drug-likeness (QED) is 0.216. The lowest BCUT2D eigenvalue weighted by Gasteiger charge is -2.21. The maximum absolute atomic E-state index is 14.0. The smallest absolute Gasteiger partial charge is 0.252 e. The van der Waals surface area contributed by atoms with Gasteiger partial charge in [0.2, 0.25) is 0 Å². The molecule has 3 rings (SSSR count). The van der Waals surface area contributed by atoms with Crippen LogP contribution in [-0.2, 0) is 0 Å². The van der Waals surface area contributed by atoms with Crippen molar-refractivity contribution in [2.24, 2.45) is 4.99 Å². The van der Waals surface area contributed by atoms with Crippen LogP contribution < -0.4 is 20.9 Å². The van der Waals surface area contributed by atoms with Gasteiger partial charge < -0.3 is 20.9 Å². The van der Waals surface area contributed by atoms with Crippen molar-refractivity contribution in [3.63, 3.8) is 0 Å². The van der Waals surface area contributed by atoms with Crippen LogP contribution >= 0.6 is 24.0 Å². The van der Waals surface area contributed by atoms with Crippen molar-refractivity contribution in [1.29, 1.82) is 0 Å². The maximum Gasteiger partial charge on any atom is 0.252 e. The van der Waals surface area contributed by atoms with Gasteiger partial charge in [0.15, 0.2) is 5.96 Å². The van der Waals surface area contributed by atoms with E-state index in [1.807, 2.05) is 11.8 Å². The van der Waals surface area contributed by atoms with Gasteiger partial charge in [-0.15, -0.1) is 24.0 Å². The summed E-state index contributed by atoms with van der Waals surface area (Å²) in [6, 6.07) is 7.14. The van der Waals surface area contributed by atoms with Crippen molar-refractivity contribution in [3.8, 4) is 0 Å². The van der Waals surface area contributed by atoms with E-state index in [1.54, 1.807) is 18.3 Å². The summed E-state index contributed by atoms with van der Waals surface area (Å²) in [7, 11) is 0. The largest absolute Gasteiger partial charge is 0.367 e. The Morgan fingerprint density at radius 3 is 2.84 bits per heavy atom. The number of benzene rings is 1. The minimum Gasteiger partial charge on any atom is -0.367 e. The van der Waals surface area contributed by atoms with Crippen LogP contribution in [0.4, 0.5) is 14.5 Å². The zero-order valence-corrected chi connectivity index (χ0v) is 19.6. The summed E-state index contributed by atoms with van der Waals surface area (Å²) in [6.45, 7) is 4.71. The third kappa shape index (κ3) is 7.30. The lowest BCUT2D eigenvalue weighted by Crippen LogP contribution is -2.45. The number of nitrogens with zero attached hydrogens (tertiary/aromatic N) is 3. The first kappa shape index (κ1) is 24.8. The Balaban J connectivity index is 0.00000341. The molecule has 1 aromatic carbocycles. The maximum atomic E-state index is 14.0. The number of hydrogen-bond donors (Lipinski definition) is 3. The van der Waals surface area contributed by atoms with E-state index in [-0.39, 0.29) is 35.9 Å². The Kier molecular flexibility index (Phi) is 9.89. The summed E-state index contributed by atoms with van der Waals surface area (Å²) in [4.78, 5) is 22.3. The molecule has 3 N–H and O–H groups in total. The van der Waals surface area contributed by atoms with Gasteiger partial charge in [-0.3, -0.25) is 14.8 Å². The Morgan fingerprint density at radius 2 is 2.13 bits per heavy atom. The molecule has 1 aliphatic heterocycles. The van der Waals surface area contributed by atoms with E-state index in [1.165, 1.54) is 18.3 Å². The zero-order chi connectivity index (χ0) is 21.3. The lowest BCUT2D eigenvalue weighted by molar-refractivity contribution is 0.0954. The molecule has 2 aromatic rings. The Morgan fingerprint density at radius 1 is 1.29 bits per heavy atom. The molecule has 1 amide bonds. The number of pyridine rings is 1. The second kappa shape index (κ2) is 12.4. The molecule has 1 unspecified atom stereocenters. The summed E-state index contributed by atoms with van der Waals surface area (Å²) in [5.41, 5.74) is 0.909. The normalized spacial score (nSPS) is 15.9. The molecule has 0 saturated carbocycles. The third-order valence-electron chi connectivity index (χ3n) is 4.71. The fraction of sp³-hybridized carbons (Fsp3) is 0.381. The number of guanidine groups is 1. The zero-order valence-electron chi connectivity index (χ0n) is 17.3. The monoisotopic (exact) mass is 544 g/mol. The number of hydrogen-bond acceptors (Lipinski definition) is 4. The Bertz CT molecular complexity index is 883. The van der Waals surface area contributed by atoms with Crippen molar-refractivity contribution in [2.45, 2.75) is 19.4 Å². The highest BCUT2D eigenvalue weighted by atomic mass is 127. The number of carbonyl (C=O) groups is 1. The van der Waals surface area contributed by atoms with E-state index in [9.17, 15) is 13.6 Å². The average molecular weight is 544 g/mol. The molecular formula is C21H27F2IN6O. The van der Waals surface area contributed by atoms with E-state index in [0.29, 0.717) is 49.9 Å². The van der Waals surface area contributed by atoms with Crippen molar-refractivity contribution in [2.75, 3.05) is 37.6 Å². The van der Waals surface area contributed by atoms with Gasteiger partial charge in [-0.2, -0.15) is 0 Å². The van der Waals surface area contributed by atoms with Crippen LogP contribution in [0.2, 0.25) is 0 Å². The number of anilines is 1. The summed E-state index contributed by atoms with van der Waals surface area (Å²) in [5.74, 6) is -0.688. The number of rotatable bonds is 7. The molecule has 1 atom stereocenters. The number of carbonyl (C=O) groups excluding carboxylic acids is 1. The highest BCUT2D eigenvalue weighted by Gasteiger charge is 2.25. The molecule has 0 aliphatic carbocycles. The fourth-order valence-electron chi connectivity index (χ4n) is 3.28. The van der Waals surface area contributed by atoms with E-state index < -0.39 is 11.6 Å². The van der Waals surface area contributed by atoms with E-state index in [4.69, 9.17) is 0 Å². The van der Waals surface area contributed by atoms with Gasteiger partial charge in [-0.1, -0.05) is 0 Å². The summed E-state index contributed by atoms with van der Waals surface area (Å²) < 4.78 is 27.2. The molecule has 31 heavy (non-hydrogen) atoms. The number of amides is 1. The summed E-state index contributed by atoms with van der Waals surface area (Å²) >= 11 is 0. The molecule has 1 fully saturated rings. The molecule has 0 spiro atoms.